The summed E-state index contributed by atoms with van der Waals surface area (Å²) in [4.78, 5) is 13.2. The molecule has 4 nitrogen and oxygen atoms in total. The number of nitrogens with two attached hydrogens (primary N) is 1. The van der Waals surface area contributed by atoms with Crippen molar-refractivity contribution < 1.29 is 4.79 Å². The number of carbonyl (C=O) groups excluding carboxylic acids is 1. The van der Waals surface area contributed by atoms with Crippen molar-refractivity contribution in [2.24, 2.45) is 5.84 Å². The molecule has 0 saturated heterocycles. The maximum absolute atomic E-state index is 10.9. The highest BCUT2D eigenvalue weighted by atomic mass is 79.9. The molecule has 0 aromatic carbocycles. The van der Waals surface area contributed by atoms with Crippen molar-refractivity contribution in [1.82, 2.24) is 10.3 Å². The largest absolute Gasteiger partial charge is 0.302 e. The molecule has 96 valence electrons. The lowest BCUT2D eigenvalue weighted by Crippen LogP contribution is -2.29. The molecule has 1 aromatic rings. The summed E-state index contributed by atoms with van der Waals surface area (Å²) < 4.78 is 1.17. The predicted molar refractivity (Wildman–Crippen MR) is 74.5 cm³/mol. The summed E-state index contributed by atoms with van der Waals surface area (Å²) in [7, 11) is 2.09. The minimum Gasteiger partial charge on any atom is -0.302 e. The summed E-state index contributed by atoms with van der Waals surface area (Å²) in [6, 6.07) is 2.14. The lowest BCUT2D eigenvalue weighted by atomic mass is 10.2. The second-order valence-corrected chi connectivity index (χ2v) is 6.31. The van der Waals surface area contributed by atoms with Gasteiger partial charge in [-0.1, -0.05) is 0 Å². The Balaban J connectivity index is 2.13. The molecule has 17 heavy (non-hydrogen) atoms. The fourth-order valence-corrected chi connectivity index (χ4v) is 2.76. The van der Waals surface area contributed by atoms with E-state index in [1.807, 2.05) is 0 Å². The summed E-state index contributed by atoms with van der Waals surface area (Å²) in [6.07, 6.45) is 2.39. The van der Waals surface area contributed by atoms with Crippen LogP contribution in [0.25, 0.3) is 0 Å². The number of hydrazine groups is 1. The zero-order chi connectivity index (χ0) is 12.7. The zero-order valence-electron chi connectivity index (χ0n) is 9.91. The highest BCUT2D eigenvalue weighted by Crippen LogP contribution is 2.21. The van der Waals surface area contributed by atoms with Crippen LogP contribution in [0, 0.1) is 0 Å². The van der Waals surface area contributed by atoms with Gasteiger partial charge in [0, 0.05) is 13.0 Å². The van der Waals surface area contributed by atoms with E-state index in [9.17, 15) is 4.79 Å². The fourth-order valence-electron chi connectivity index (χ4n) is 1.56. The normalized spacial score (nSPS) is 10.8. The first kappa shape index (κ1) is 14.6. The lowest BCUT2D eigenvalue weighted by Gasteiger charge is -2.15. The number of nitrogens with one attached hydrogen (secondary N) is 1. The number of carbonyl (C=O) groups is 1. The number of amides is 1. The molecule has 1 aromatic heterocycles. The standard InChI is InChI=1S/C11H18BrN3OS/c1-15(5-3-2-4-11(16)14-13)7-9-6-10(12)17-8-9/h6,8H,2-5,7,13H2,1H3,(H,14,16). The predicted octanol–water partition coefficient (Wildman–Crippen LogP) is 2.10. The van der Waals surface area contributed by atoms with Gasteiger partial charge in [0.25, 0.3) is 0 Å². The van der Waals surface area contributed by atoms with Gasteiger partial charge in [-0.2, -0.15) is 0 Å². The maximum Gasteiger partial charge on any atom is 0.233 e. The zero-order valence-corrected chi connectivity index (χ0v) is 12.3. The molecule has 1 rings (SSSR count). The van der Waals surface area contributed by atoms with Crippen molar-refractivity contribution in [3.63, 3.8) is 0 Å². The van der Waals surface area contributed by atoms with Crippen molar-refractivity contribution in [1.29, 1.82) is 0 Å². The number of nitrogens with zero attached hydrogens (tertiary/aromatic N) is 1. The Labute approximate surface area is 114 Å². The Hall–Kier alpha value is -0.430. The molecule has 0 spiro atoms. The smallest absolute Gasteiger partial charge is 0.233 e. The molecule has 1 heterocycles. The van der Waals surface area contributed by atoms with E-state index in [0.717, 1.165) is 25.9 Å². The van der Waals surface area contributed by atoms with Crippen LogP contribution in [0.2, 0.25) is 0 Å². The summed E-state index contributed by atoms with van der Waals surface area (Å²) in [6.45, 7) is 1.94. The van der Waals surface area contributed by atoms with Gasteiger partial charge in [-0.25, -0.2) is 5.84 Å². The Kier molecular flexibility index (Phi) is 6.72. The van der Waals surface area contributed by atoms with Gasteiger partial charge in [0.05, 0.1) is 3.79 Å². The molecule has 0 radical (unpaired) electrons. The summed E-state index contributed by atoms with van der Waals surface area (Å²) in [5, 5.41) is 2.16. The van der Waals surface area contributed by atoms with Gasteiger partial charge < -0.3 is 4.90 Å². The van der Waals surface area contributed by atoms with E-state index >= 15 is 0 Å². The molecule has 0 aliphatic carbocycles. The highest BCUT2D eigenvalue weighted by molar-refractivity contribution is 9.11. The number of halogens is 1. The SMILES string of the molecule is CN(CCCCC(=O)NN)Cc1csc(Br)c1. The second-order valence-electron chi connectivity index (χ2n) is 4.02. The maximum atomic E-state index is 10.9. The second kappa shape index (κ2) is 7.81. The summed E-state index contributed by atoms with van der Waals surface area (Å²) in [5.41, 5.74) is 3.46. The molecule has 0 saturated carbocycles. The Morgan fingerprint density at radius 3 is 2.94 bits per heavy atom. The van der Waals surface area contributed by atoms with E-state index in [1.165, 1.54) is 9.35 Å². The van der Waals surface area contributed by atoms with Crippen LogP contribution < -0.4 is 11.3 Å². The van der Waals surface area contributed by atoms with Gasteiger partial charge >= 0.3 is 0 Å². The quantitative estimate of drug-likeness (QED) is 0.350. The molecule has 0 fully saturated rings. The van der Waals surface area contributed by atoms with E-state index in [2.05, 4.69) is 44.7 Å². The van der Waals surface area contributed by atoms with Gasteiger partial charge in [0.15, 0.2) is 0 Å². The molecular formula is C11H18BrN3OS. The number of thiophene rings is 1. The van der Waals surface area contributed by atoms with Gasteiger partial charge in [-0.05, 0) is 59.4 Å². The monoisotopic (exact) mass is 319 g/mol. The fraction of sp³-hybridized carbons (Fsp3) is 0.545. The minimum atomic E-state index is -0.0885. The number of hydrogen-bond donors (Lipinski definition) is 2. The van der Waals surface area contributed by atoms with E-state index in [4.69, 9.17) is 5.84 Å². The molecule has 3 N–H and O–H groups in total. The molecule has 0 atom stereocenters. The molecular weight excluding hydrogens is 302 g/mol. The molecule has 0 bridgehead atoms. The van der Waals surface area contributed by atoms with E-state index in [1.54, 1.807) is 11.3 Å². The van der Waals surface area contributed by atoms with Crippen LogP contribution in [0.4, 0.5) is 0 Å². The van der Waals surface area contributed by atoms with Crippen LogP contribution in [-0.4, -0.2) is 24.4 Å². The van der Waals surface area contributed by atoms with Crippen molar-refractivity contribution >= 4 is 33.2 Å². The van der Waals surface area contributed by atoms with Gasteiger partial charge in [-0.3, -0.25) is 10.2 Å². The van der Waals surface area contributed by atoms with Crippen molar-refractivity contribution in [2.45, 2.75) is 25.8 Å². The van der Waals surface area contributed by atoms with Crippen LogP contribution in [0.1, 0.15) is 24.8 Å². The number of rotatable bonds is 7. The van der Waals surface area contributed by atoms with E-state index < -0.39 is 0 Å². The Morgan fingerprint density at radius 2 is 2.35 bits per heavy atom. The van der Waals surface area contributed by atoms with Crippen molar-refractivity contribution in [2.75, 3.05) is 13.6 Å². The first-order valence-electron chi connectivity index (χ1n) is 5.52. The number of unbranched alkanes of at least 4 members (excludes halogenated alkanes) is 1. The highest BCUT2D eigenvalue weighted by Gasteiger charge is 2.03. The third-order valence-corrected chi connectivity index (χ3v) is 3.98. The first-order valence-corrected chi connectivity index (χ1v) is 7.20. The van der Waals surface area contributed by atoms with Crippen LogP contribution in [0.15, 0.2) is 15.2 Å². The van der Waals surface area contributed by atoms with Gasteiger partial charge in [0.2, 0.25) is 5.91 Å². The topological polar surface area (TPSA) is 58.4 Å². The molecule has 1 amide bonds. The van der Waals surface area contributed by atoms with Gasteiger partial charge in [-0.15, -0.1) is 11.3 Å². The van der Waals surface area contributed by atoms with Crippen molar-refractivity contribution in [3.05, 3.63) is 20.8 Å². The third-order valence-electron chi connectivity index (χ3n) is 2.43. The summed E-state index contributed by atoms with van der Waals surface area (Å²) in [5.74, 6) is 4.92. The van der Waals surface area contributed by atoms with E-state index in [0.29, 0.717) is 6.42 Å². The molecule has 0 aliphatic heterocycles. The molecule has 6 heteroatoms. The first-order chi connectivity index (χ1) is 8.11. The summed E-state index contributed by atoms with van der Waals surface area (Å²) >= 11 is 5.16. The van der Waals surface area contributed by atoms with Crippen LogP contribution >= 0.6 is 27.3 Å². The van der Waals surface area contributed by atoms with E-state index in [-0.39, 0.29) is 5.91 Å². The lowest BCUT2D eigenvalue weighted by molar-refractivity contribution is -0.121. The Morgan fingerprint density at radius 1 is 1.59 bits per heavy atom. The Bertz CT molecular complexity index is 356. The minimum absolute atomic E-state index is 0.0885. The average Bonchev–Trinajstić information content (AvgIpc) is 2.69. The third kappa shape index (κ3) is 6.16. The number of hydrogen-bond acceptors (Lipinski definition) is 4. The van der Waals surface area contributed by atoms with Crippen LogP contribution in [0.5, 0.6) is 0 Å². The molecule has 0 unspecified atom stereocenters. The van der Waals surface area contributed by atoms with Crippen molar-refractivity contribution in [3.8, 4) is 0 Å². The van der Waals surface area contributed by atoms with Crippen LogP contribution in [-0.2, 0) is 11.3 Å². The van der Waals surface area contributed by atoms with Gasteiger partial charge in [0.1, 0.15) is 0 Å². The molecule has 0 aliphatic rings. The van der Waals surface area contributed by atoms with Crippen LogP contribution in [0.3, 0.4) is 0 Å². The average molecular weight is 320 g/mol.